The molecule has 0 aromatic heterocycles. The van der Waals surface area contributed by atoms with E-state index in [1.54, 1.807) is 0 Å². The van der Waals surface area contributed by atoms with Crippen molar-refractivity contribution in [1.29, 1.82) is 0 Å². The van der Waals surface area contributed by atoms with Gasteiger partial charge in [0.1, 0.15) is 13.2 Å². The molecule has 0 amide bonds. The Balaban J connectivity index is 4.44. The molecule has 372 valence electrons. The van der Waals surface area contributed by atoms with Crippen LogP contribution in [0, 0.1) is 0 Å². The van der Waals surface area contributed by atoms with Gasteiger partial charge in [0.2, 0.25) is 0 Å². The van der Waals surface area contributed by atoms with Gasteiger partial charge in [-0.15, -0.1) is 0 Å². The van der Waals surface area contributed by atoms with E-state index >= 15 is 0 Å². The topological polar surface area (TPSA) is 78.9 Å². The molecule has 0 N–H and O–H groups in total. The van der Waals surface area contributed by atoms with Crippen molar-refractivity contribution in [2.75, 3.05) is 13.2 Å². The zero-order chi connectivity index (χ0) is 47.2. The minimum atomic E-state index is -0.800. The highest BCUT2D eigenvalue weighted by Crippen LogP contribution is 2.14. The molecule has 65 heavy (non-hydrogen) atoms. The molecule has 0 aliphatic carbocycles. The molecule has 1 unspecified atom stereocenters. The summed E-state index contributed by atoms with van der Waals surface area (Å²) in [5, 5.41) is 0. The first-order valence-electron chi connectivity index (χ1n) is 27.1. The van der Waals surface area contributed by atoms with Gasteiger partial charge in [-0.05, 0) is 109 Å². The van der Waals surface area contributed by atoms with Crippen LogP contribution in [0.2, 0.25) is 0 Å². The second-order valence-electron chi connectivity index (χ2n) is 17.8. The lowest BCUT2D eigenvalue weighted by Crippen LogP contribution is -2.30. The summed E-state index contributed by atoms with van der Waals surface area (Å²) in [5.41, 5.74) is 0. The maximum absolute atomic E-state index is 12.8. The molecule has 0 heterocycles. The number of carbonyl (C=O) groups excluding carboxylic acids is 3. The van der Waals surface area contributed by atoms with Crippen LogP contribution in [-0.2, 0) is 28.6 Å². The van der Waals surface area contributed by atoms with Crippen LogP contribution >= 0.6 is 0 Å². The number of unbranched alkanes of at least 4 members (excludes halogenated alkanes) is 24. The second kappa shape index (κ2) is 53.2. The van der Waals surface area contributed by atoms with Crippen LogP contribution in [-0.4, -0.2) is 37.2 Å². The lowest BCUT2D eigenvalue weighted by atomic mass is 10.1. The molecule has 0 aromatic rings. The van der Waals surface area contributed by atoms with Crippen LogP contribution in [0.25, 0.3) is 0 Å². The monoisotopic (exact) mass is 905 g/mol. The molecule has 0 spiro atoms. The highest BCUT2D eigenvalue weighted by atomic mass is 16.6. The Morgan fingerprint density at radius 1 is 0.338 bits per heavy atom. The number of rotatable bonds is 48. The zero-order valence-electron chi connectivity index (χ0n) is 42.5. The summed E-state index contributed by atoms with van der Waals surface area (Å²) in [6.45, 7) is 6.46. The van der Waals surface area contributed by atoms with Crippen molar-refractivity contribution in [2.24, 2.45) is 0 Å². The van der Waals surface area contributed by atoms with Gasteiger partial charge in [0.15, 0.2) is 6.10 Å². The van der Waals surface area contributed by atoms with Gasteiger partial charge in [0.05, 0.1) is 0 Å². The molecule has 0 radical (unpaired) electrons. The van der Waals surface area contributed by atoms with Crippen LogP contribution in [0.4, 0.5) is 0 Å². The lowest BCUT2D eigenvalue weighted by molar-refractivity contribution is -0.167. The molecule has 0 saturated carbocycles. The van der Waals surface area contributed by atoms with Gasteiger partial charge in [-0.2, -0.15) is 0 Å². The molecule has 6 nitrogen and oxygen atoms in total. The van der Waals surface area contributed by atoms with Gasteiger partial charge >= 0.3 is 17.9 Å². The normalized spacial score (nSPS) is 12.7. The largest absolute Gasteiger partial charge is 0.462 e. The first kappa shape index (κ1) is 61.6. The van der Waals surface area contributed by atoms with Crippen LogP contribution in [0.3, 0.4) is 0 Å². The maximum Gasteiger partial charge on any atom is 0.306 e. The maximum atomic E-state index is 12.8. The van der Waals surface area contributed by atoms with Crippen LogP contribution < -0.4 is 0 Å². The standard InChI is InChI=1S/C59H100O6/c1-4-7-10-13-16-19-22-25-27-29-30-31-33-34-37-40-43-46-49-52-58(61)64-55-56(54-63-57(60)51-48-45-42-39-36-24-21-18-15-12-9-6-3)65-59(62)53-50-47-44-41-38-35-32-28-26-23-20-17-14-11-8-5-2/h7,10,16,18-19,21,25,27-28,30-32,35,38,56H,4-6,8-9,11-15,17,20,22-24,26,29,33-34,36-37,39-55H2,1-3H3/b10-7-,19-16-,21-18-,27-25-,31-30-,32-28-,38-35-. The molecule has 0 aliphatic rings. The van der Waals surface area contributed by atoms with E-state index in [1.807, 2.05) is 0 Å². The lowest BCUT2D eigenvalue weighted by Gasteiger charge is -2.18. The number of hydrogen-bond acceptors (Lipinski definition) is 6. The number of allylic oxidation sites excluding steroid dienone is 14. The van der Waals surface area contributed by atoms with Gasteiger partial charge in [-0.1, -0.05) is 209 Å². The van der Waals surface area contributed by atoms with Crippen LogP contribution in [0.1, 0.15) is 252 Å². The molecule has 0 rings (SSSR count). The highest BCUT2D eigenvalue weighted by Gasteiger charge is 2.19. The summed E-state index contributed by atoms with van der Waals surface area (Å²) < 4.78 is 16.8. The Morgan fingerprint density at radius 2 is 0.646 bits per heavy atom. The van der Waals surface area contributed by atoms with E-state index in [4.69, 9.17) is 14.2 Å². The Hall–Kier alpha value is -3.41. The van der Waals surface area contributed by atoms with E-state index in [0.29, 0.717) is 19.3 Å². The van der Waals surface area contributed by atoms with E-state index in [-0.39, 0.29) is 31.1 Å². The number of hydrogen-bond donors (Lipinski definition) is 0. The molecule has 6 heteroatoms. The minimum Gasteiger partial charge on any atom is -0.462 e. The summed E-state index contributed by atoms with van der Waals surface area (Å²) in [7, 11) is 0. The fraction of sp³-hybridized carbons (Fsp3) is 0.712. The average Bonchev–Trinajstić information content (AvgIpc) is 3.30. The van der Waals surface area contributed by atoms with Crippen LogP contribution in [0.5, 0.6) is 0 Å². The molecular weight excluding hydrogens is 805 g/mol. The van der Waals surface area contributed by atoms with Crippen molar-refractivity contribution in [3.63, 3.8) is 0 Å². The van der Waals surface area contributed by atoms with Crippen molar-refractivity contribution in [3.8, 4) is 0 Å². The third kappa shape index (κ3) is 51.4. The Bertz CT molecular complexity index is 1270. The van der Waals surface area contributed by atoms with Crippen molar-refractivity contribution in [2.45, 2.75) is 258 Å². The first-order chi connectivity index (χ1) is 32.0. The third-order valence-corrected chi connectivity index (χ3v) is 11.4. The van der Waals surface area contributed by atoms with E-state index in [9.17, 15) is 14.4 Å². The number of esters is 3. The molecule has 0 aromatic carbocycles. The molecule has 0 saturated heterocycles. The van der Waals surface area contributed by atoms with E-state index < -0.39 is 6.10 Å². The number of carbonyl (C=O) groups is 3. The van der Waals surface area contributed by atoms with Gasteiger partial charge in [0, 0.05) is 19.3 Å². The van der Waals surface area contributed by atoms with E-state index in [2.05, 4.69) is 106 Å². The van der Waals surface area contributed by atoms with Gasteiger partial charge in [-0.25, -0.2) is 0 Å². The highest BCUT2D eigenvalue weighted by molar-refractivity contribution is 5.71. The van der Waals surface area contributed by atoms with Gasteiger partial charge < -0.3 is 14.2 Å². The molecule has 0 bridgehead atoms. The molecular formula is C59H100O6. The molecule has 0 fully saturated rings. The van der Waals surface area contributed by atoms with Crippen molar-refractivity contribution in [1.82, 2.24) is 0 Å². The summed E-state index contributed by atoms with van der Waals surface area (Å²) >= 11 is 0. The molecule has 1 atom stereocenters. The smallest absolute Gasteiger partial charge is 0.306 e. The number of ether oxygens (including phenoxy) is 3. The molecule has 0 aliphatic heterocycles. The average molecular weight is 905 g/mol. The Labute approximate surface area is 401 Å². The third-order valence-electron chi connectivity index (χ3n) is 11.4. The van der Waals surface area contributed by atoms with Gasteiger partial charge in [0.25, 0.3) is 0 Å². The van der Waals surface area contributed by atoms with Crippen molar-refractivity contribution < 1.29 is 28.6 Å². The predicted octanol–water partition coefficient (Wildman–Crippen LogP) is 18.0. The predicted molar refractivity (Wildman–Crippen MR) is 279 cm³/mol. The summed E-state index contributed by atoms with van der Waals surface area (Å²) in [5.74, 6) is -0.945. The summed E-state index contributed by atoms with van der Waals surface area (Å²) in [6.07, 6.45) is 68.5. The fourth-order valence-electron chi connectivity index (χ4n) is 7.30. The Kier molecular flexibility index (Phi) is 50.4. The van der Waals surface area contributed by atoms with E-state index in [0.717, 1.165) is 116 Å². The zero-order valence-corrected chi connectivity index (χ0v) is 42.5. The SMILES string of the molecule is CC/C=C\C/C=C\C/C=C\C/C=C\CCCCCCCCC(=O)OCC(COC(=O)CCCCCCC/C=C\CCCCC)OC(=O)CCCCC/C=C\C=C/CCCCCCCCC. The quantitative estimate of drug-likeness (QED) is 0.0199. The van der Waals surface area contributed by atoms with Gasteiger partial charge in [-0.3, -0.25) is 14.4 Å². The second-order valence-corrected chi connectivity index (χ2v) is 17.8. The van der Waals surface area contributed by atoms with Crippen LogP contribution in [0.15, 0.2) is 85.1 Å². The minimum absolute atomic E-state index is 0.0966. The van der Waals surface area contributed by atoms with E-state index in [1.165, 1.54) is 96.3 Å². The Morgan fingerprint density at radius 3 is 1.09 bits per heavy atom. The van der Waals surface area contributed by atoms with Crippen molar-refractivity contribution in [3.05, 3.63) is 85.1 Å². The summed E-state index contributed by atoms with van der Waals surface area (Å²) in [4.78, 5) is 38.0. The fourth-order valence-corrected chi connectivity index (χ4v) is 7.30. The van der Waals surface area contributed by atoms with Crippen molar-refractivity contribution >= 4 is 17.9 Å². The first-order valence-corrected chi connectivity index (χ1v) is 27.1. The summed E-state index contributed by atoms with van der Waals surface area (Å²) in [6, 6.07) is 0.